The average Bonchev–Trinajstić information content (AvgIpc) is 2.76. The Bertz CT molecular complexity index is 394. The van der Waals surface area contributed by atoms with Crippen molar-refractivity contribution in [2.24, 2.45) is 0 Å². The van der Waals surface area contributed by atoms with Crippen LogP contribution in [0.25, 0.3) is 0 Å². The molecular weight excluding hydrogens is 262 g/mol. The third-order valence-electron chi connectivity index (χ3n) is 3.67. The molecule has 0 heterocycles. The van der Waals surface area contributed by atoms with Crippen LogP contribution in [0.1, 0.15) is 37.3 Å². The van der Waals surface area contributed by atoms with E-state index in [0.717, 1.165) is 16.8 Å². The zero-order valence-electron chi connectivity index (χ0n) is 11.2. The summed E-state index contributed by atoms with van der Waals surface area (Å²) in [5.41, 5.74) is 2.65. The van der Waals surface area contributed by atoms with E-state index in [1.807, 2.05) is 12.1 Å². The molecule has 100 valence electrons. The van der Waals surface area contributed by atoms with Gasteiger partial charge in [0.1, 0.15) is 0 Å². The van der Waals surface area contributed by atoms with Gasteiger partial charge in [0.05, 0.1) is 0 Å². The van der Waals surface area contributed by atoms with Crippen molar-refractivity contribution in [1.82, 2.24) is 5.32 Å². The van der Waals surface area contributed by atoms with E-state index in [-0.39, 0.29) is 0 Å². The van der Waals surface area contributed by atoms with Crippen LogP contribution >= 0.6 is 23.4 Å². The van der Waals surface area contributed by atoms with Gasteiger partial charge in [-0.05, 0) is 55.2 Å². The molecule has 0 aromatic heterocycles. The lowest BCUT2D eigenvalue weighted by Crippen LogP contribution is -2.26. The van der Waals surface area contributed by atoms with Crippen molar-refractivity contribution in [1.29, 1.82) is 0 Å². The third-order valence-corrected chi connectivity index (χ3v) is 5.14. The molecule has 1 saturated carbocycles. The van der Waals surface area contributed by atoms with E-state index in [4.69, 9.17) is 11.6 Å². The Balaban J connectivity index is 1.81. The predicted molar refractivity (Wildman–Crippen MR) is 82.6 cm³/mol. The van der Waals surface area contributed by atoms with E-state index in [9.17, 15) is 0 Å². The lowest BCUT2D eigenvalue weighted by molar-refractivity contribution is 0.524. The van der Waals surface area contributed by atoms with E-state index < -0.39 is 0 Å². The maximum absolute atomic E-state index is 5.97. The van der Waals surface area contributed by atoms with Crippen molar-refractivity contribution < 1.29 is 0 Å². The number of rotatable bonds is 5. The summed E-state index contributed by atoms with van der Waals surface area (Å²) >= 11 is 8.09. The number of hydrogen-bond donors (Lipinski definition) is 1. The van der Waals surface area contributed by atoms with Crippen molar-refractivity contribution in [2.75, 3.05) is 5.75 Å². The summed E-state index contributed by atoms with van der Waals surface area (Å²) < 4.78 is 0. The van der Waals surface area contributed by atoms with Crippen LogP contribution in [0.5, 0.6) is 0 Å². The zero-order valence-corrected chi connectivity index (χ0v) is 12.8. The molecule has 1 aromatic rings. The molecule has 2 rings (SSSR count). The van der Waals surface area contributed by atoms with Gasteiger partial charge in [0.25, 0.3) is 0 Å². The molecule has 18 heavy (non-hydrogen) atoms. The topological polar surface area (TPSA) is 12.0 Å². The molecule has 1 aliphatic rings. The second-order valence-corrected chi connectivity index (χ2v) is 7.05. The molecule has 1 aromatic carbocycles. The van der Waals surface area contributed by atoms with Gasteiger partial charge in [-0.25, -0.2) is 0 Å². The molecule has 1 aliphatic carbocycles. The summed E-state index contributed by atoms with van der Waals surface area (Å²) in [7, 11) is 0. The normalized spacial score (nSPS) is 23.5. The van der Waals surface area contributed by atoms with Crippen LogP contribution < -0.4 is 5.32 Å². The quantitative estimate of drug-likeness (QED) is 0.859. The predicted octanol–water partition coefficient (Wildman–Crippen LogP) is 4.41. The molecule has 1 N–H and O–H groups in total. The maximum Gasteiger partial charge on any atom is 0.0408 e. The van der Waals surface area contributed by atoms with Gasteiger partial charge >= 0.3 is 0 Å². The fourth-order valence-corrected chi connectivity index (χ4v) is 3.99. The van der Waals surface area contributed by atoms with Crippen LogP contribution in [0, 0.1) is 6.92 Å². The molecule has 0 bridgehead atoms. The first-order chi connectivity index (χ1) is 8.69. The Morgan fingerprint density at radius 3 is 2.94 bits per heavy atom. The fraction of sp³-hybridized carbons (Fsp3) is 0.600. The van der Waals surface area contributed by atoms with Crippen LogP contribution in [0.15, 0.2) is 18.2 Å². The van der Waals surface area contributed by atoms with Crippen molar-refractivity contribution in [2.45, 2.75) is 50.9 Å². The standard InChI is InChI=1S/C15H22ClNS/c1-3-18-15-7-6-14(9-15)17-10-12-4-5-13(16)8-11(12)2/h4-5,8,14-15,17H,3,6-7,9-10H2,1-2H3. The molecular formula is C15H22ClNS. The van der Waals surface area contributed by atoms with E-state index in [2.05, 4.69) is 37.0 Å². The summed E-state index contributed by atoms with van der Waals surface area (Å²) in [6.07, 6.45) is 4.02. The molecule has 3 heteroatoms. The van der Waals surface area contributed by atoms with Gasteiger partial charge in [-0.3, -0.25) is 0 Å². The second kappa shape index (κ2) is 6.83. The lowest BCUT2D eigenvalue weighted by atomic mass is 10.1. The molecule has 1 nitrogen and oxygen atoms in total. The average molecular weight is 284 g/mol. The highest BCUT2D eigenvalue weighted by atomic mass is 35.5. The Kier molecular flexibility index (Phi) is 5.40. The minimum Gasteiger partial charge on any atom is -0.310 e. The monoisotopic (exact) mass is 283 g/mol. The molecule has 0 radical (unpaired) electrons. The van der Waals surface area contributed by atoms with Crippen LogP contribution in [-0.2, 0) is 6.54 Å². The van der Waals surface area contributed by atoms with Crippen LogP contribution in [0.4, 0.5) is 0 Å². The highest BCUT2D eigenvalue weighted by Gasteiger charge is 2.23. The molecule has 0 amide bonds. The van der Waals surface area contributed by atoms with E-state index >= 15 is 0 Å². The van der Waals surface area contributed by atoms with Gasteiger partial charge in [0.2, 0.25) is 0 Å². The first-order valence-corrected chi connectivity index (χ1v) is 8.21. The first kappa shape index (κ1) is 14.2. The summed E-state index contributed by atoms with van der Waals surface area (Å²) in [6.45, 7) is 5.35. The third kappa shape index (κ3) is 3.91. The molecule has 2 unspecified atom stereocenters. The smallest absolute Gasteiger partial charge is 0.0408 e. The minimum atomic E-state index is 0.698. The fourth-order valence-electron chi connectivity index (χ4n) is 2.62. The van der Waals surface area contributed by atoms with Crippen molar-refractivity contribution in [3.63, 3.8) is 0 Å². The number of benzene rings is 1. The lowest BCUT2D eigenvalue weighted by Gasteiger charge is -2.14. The Labute approximate surface area is 120 Å². The van der Waals surface area contributed by atoms with Crippen molar-refractivity contribution in [3.8, 4) is 0 Å². The highest BCUT2D eigenvalue weighted by molar-refractivity contribution is 7.99. The van der Waals surface area contributed by atoms with Crippen molar-refractivity contribution in [3.05, 3.63) is 34.3 Å². The van der Waals surface area contributed by atoms with E-state index in [1.54, 1.807) is 0 Å². The molecule has 0 spiro atoms. The van der Waals surface area contributed by atoms with Crippen LogP contribution in [0.3, 0.4) is 0 Å². The number of aryl methyl sites for hydroxylation is 1. The van der Waals surface area contributed by atoms with Gasteiger partial charge in [-0.15, -0.1) is 0 Å². The Hall–Kier alpha value is -0.180. The maximum atomic E-state index is 5.97. The van der Waals surface area contributed by atoms with Crippen molar-refractivity contribution >= 4 is 23.4 Å². The van der Waals surface area contributed by atoms with Gasteiger partial charge in [0, 0.05) is 22.9 Å². The van der Waals surface area contributed by atoms with Crippen LogP contribution in [-0.4, -0.2) is 17.0 Å². The SMILES string of the molecule is CCSC1CCC(NCc2ccc(Cl)cc2C)C1. The largest absolute Gasteiger partial charge is 0.310 e. The summed E-state index contributed by atoms with van der Waals surface area (Å²) in [6, 6.07) is 6.86. The van der Waals surface area contributed by atoms with E-state index in [0.29, 0.717) is 6.04 Å². The molecule has 1 fully saturated rings. The van der Waals surface area contributed by atoms with Gasteiger partial charge in [-0.1, -0.05) is 24.6 Å². The Morgan fingerprint density at radius 2 is 2.22 bits per heavy atom. The zero-order chi connectivity index (χ0) is 13.0. The number of thioether (sulfide) groups is 1. The van der Waals surface area contributed by atoms with Crippen LogP contribution in [0.2, 0.25) is 5.02 Å². The summed E-state index contributed by atoms with van der Waals surface area (Å²) in [4.78, 5) is 0. The molecule has 2 atom stereocenters. The minimum absolute atomic E-state index is 0.698. The number of hydrogen-bond acceptors (Lipinski definition) is 2. The van der Waals surface area contributed by atoms with Gasteiger partial charge < -0.3 is 5.32 Å². The second-order valence-electron chi connectivity index (χ2n) is 5.04. The Morgan fingerprint density at radius 1 is 1.39 bits per heavy atom. The van der Waals surface area contributed by atoms with E-state index in [1.165, 1.54) is 36.1 Å². The summed E-state index contributed by atoms with van der Waals surface area (Å²) in [5.74, 6) is 1.24. The molecule has 0 aliphatic heterocycles. The number of halogens is 1. The molecule has 0 saturated heterocycles. The van der Waals surface area contributed by atoms with Gasteiger partial charge in [0.15, 0.2) is 0 Å². The number of nitrogens with one attached hydrogen (secondary N) is 1. The van der Waals surface area contributed by atoms with Gasteiger partial charge in [-0.2, -0.15) is 11.8 Å². The summed E-state index contributed by atoms with van der Waals surface area (Å²) in [5, 5.41) is 5.39. The first-order valence-electron chi connectivity index (χ1n) is 6.79. The highest BCUT2D eigenvalue weighted by Crippen LogP contribution is 2.29.